The third-order valence-corrected chi connectivity index (χ3v) is 10.8. The Morgan fingerprint density at radius 3 is 2.70 bits per heavy atom. The summed E-state index contributed by atoms with van der Waals surface area (Å²) in [5, 5.41) is 9.52. The molecule has 3 aromatic carbocycles. The summed E-state index contributed by atoms with van der Waals surface area (Å²) in [5.74, 6) is 0.847. The summed E-state index contributed by atoms with van der Waals surface area (Å²) in [4.78, 5) is 2.58. The van der Waals surface area contributed by atoms with Crippen LogP contribution in [0.25, 0.3) is 0 Å². The minimum atomic E-state index is -3.75. The number of anilines is 1. The highest BCUT2D eigenvalue weighted by Crippen LogP contribution is 2.45. The smallest absolute Gasteiger partial charge is 0.243 e. The first-order valence-corrected chi connectivity index (χ1v) is 16.6. The molecule has 1 saturated heterocycles. The van der Waals surface area contributed by atoms with Crippen LogP contribution >= 0.6 is 0 Å². The minimum Gasteiger partial charge on any atom is -0.490 e. The largest absolute Gasteiger partial charge is 0.490 e. The fourth-order valence-corrected chi connectivity index (χ4v) is 8.00. The molecule has 0 aliphatic carbocycles. The normalized spacial score (nSPS) is 21.8. The van der Waals surface area contributed by atoms with Crippen molar-refractivity contribution in [3.05, 3.63) is 88.5 Å². The summed E-state index contributed by atoms with van der Waals surface area (Å²) in [6.45, 7) is 6.11. The van der Waals surface area contributed by atoms with Gasteiger partial charge in [0, 0.05) is 33.4 Å². The van der Waals surface area contributed by atoms with Crippen molar-refractivity contribution in [2.24, 2.45) is 0 Å². The molecule has 0 bridgehead atoms. The van der Waals surface area contributed by atoms with Gasteiger partial charge >= 0.3 is 0 Å². The Balaban J connectivity index is 1.30. The Kier molecular flexibility index (Phi) is 8.94. The molecule has 0 radical (unpaired) electrons. The van der Waals surface area contributed by atoms with Gasteiger partial charge in [-0.3, -0.25) is 0 Å². The number of rotatable bonds is 9. The number of fused-ring (bicyclic) bond motifs is 3. The molecule has 3 heterocycles. The zero-order chi connectivity index (χ0) is 30.7. The van der Waals surface area contributed by atoms with Crippen molar-refractivity contribution in [3.8, 4) is 11.8 Å². The average Bonchev–Trinajstić information content (AvgIpc) is 3.04. The molecule has 44 heavy (non-hydrogen) atoms. The van der Waals surface area contributed by atoms with Crippen LogP contribution in [-0.4, -0.2) is 71.9 Å². The molecule has 232 valence electrons. The van der Waals surface area contributed by atoms with Crippen molar-refractivity contribution in [1.29, 1.82) is 5.26 Å². The van der Waals surface area contributed by atoms with Crippen molar-refractivity contribution < 1.29 is 27.4 Å². The molecule has 0 unspecified atom stereocenters. The van der Waals surface area contributed by atoms with Crippen LogP contribution in [0.15, 0.2) is 65.6 Å². The van der Waals surface area contributed by atoms with Gasteiger partial charge in [-0.15, -0.1) is 0 Å². The topological polar surface area (TPSA) is 101 Å². The molecule has 3 aromatic rings. The van der Waals surface area contributed by atoms with E-state index in [1.54, 1.807) is 19.2 Å². The molecule has 10 heteroatoms. The molecule has 2 atom stereocenters. The van der Waals surface area contributed by atoms with Crippen LogP contribution in [0.3, 0.4) is 0 Å². The van der Waals surface area contributed by atoms with Gasteiger partial charge in [-0.1, -0.05) is 29.8 Å². The van der Waals surface area contributed by atoms with Crippen LogP contribution in [0.5, 0.6) is 5.75 Å². The van der Waals surface area contributed by atoms with Crippen LogP contribution in [0.1, 0.15) is 40.7 Å². The Hall–Kier alpha value is -3.46. The molecule has 1 spiro atoms. The quantitative estimate of drug-likeness (QED) is 0.323. The second-order valence-electron chi connectivity index (χ2n) is 11.7. The third kappa shape index (κ3) is 5.95. The predicted molar refractivity (Wildman–Crippen MR) is 166 cm³/mol. The van der Waals surface area contributed by atoms with Crippen molar-refractivity contribution >= 4 is 15.7 Å². The number of aryl methyl sites for hydroxylation is 1. The maximum absolute atomic E-state index is 13.8. The highest BCUT2D eigenvalue weighted by atomic mass is 32.2. The van der Waals surface area contributed by atoms with E-state index in [1.165, 1.54) is 4.31 Å². The lowest BCUT2D eigenvalue weighted by Crippen LogP contribution is -2.58. The first kappa shape index (κ1) is 30.6. The summed E-state index contributed by atoms with van der Waals surface area (Å²) >= 11 is 0. The Labute approximate surface area is 259 Å². The van der Waals surface area contributed by atoms with Crippen LogP contribution in [0.2, 0.25) is 0 Å². The van der Waals surface area contributed by atoms with E-state index in [0.29, 0.717) is 44.8 Å². The Morgan fingerprint density at radius 1 is 1.07 bits per heavy atom. The van der Waals surface area contributed by atoms with E-state index in [1.807, 2.05) is 49.4 Å². The van der Waals surface area contributed by atoms with E-state index in [2.05, 4.69) is 17.0 Å². The van der Waals surface area contributed by atoms with E-state index in [9.17, 15) is 13.7 Å². The minimum absolute atomic E-state index is 0.146. The number of hydrogen-bond donors (Lipinski definition) is 0. The van der Waals surface area contributed by atoms with Gasteiger partial charge in [-0.25, -0.2) is 8.42 Å². The number of ether oxygens (including phenoxy) is 4. The molecular weight excluding hydrogens is 578 g/mol. The van der Waals surface area contributed by atoms with Gasteiger partial charge in [-0.05, 0) is 79.3 Å². The molecule has 3 aliphatic heterocycles. The average molecular weight is 618 g/mol. The molecule has 0 saturated carbocycles. The van der Waals surface area contributed by atoms with Crippen molar-refractivity contribution in [1.82, 2.24) is 4.31 Å². The second kappa shape index (κ2) is 12.9. The highest BCUT2D eigenvalue weighted by Gasteiger charge is 2.51. The van der Waals surface area contributed by atoms with Crippen LogP contribution < -0.4 is 9.64 Å². The van der Waals surface area contributed by atoms with E-state index in [0.717, 1.165) is 53.2 Å². The number of piperidine rings is 1. The van der Waals surface area contributed by atoms with E-state index in [4.69, 9.17) is 18.9 Å². The number of hydrogen-bond acceptors (Lipinski definition) is 8. The van der Waals surface area contributed by atoms with Gasteiger partial charge in [-0.2, -0.15) is 9.57 Å². The summed E-state index contributed by atoms with van der Waals surface area (Å²) < 4.78 is 53.6. The van der Waals surface area contributed by atoms with Gasteiger partial charge in [0.1, 0.15) is 24.1 Å². The van der Waals surface area contributed by atoms with Crippen molar-refractivity contribution in [3.63, 3.8) is 0 Å². The van der Waals surface area contributed by atoms with E-state index >= 15 is 0 Å². The first-order chi connectivity index (χ1) is 21.3. The third-order valence-electron chi connectivity index (χ3n) is 8.91. The van der Waals surface area contributed by atoms with Gasteiger partial charge < -0.3 is 23.8 Å². The highest BCUT2D eigenvalue weighted by molar-refractivity contribution is 7.89. The summed E-state index contributed by atoms with van der Waals surface area (Å²) in [7, 11) is -2.03. The zero-order valence-corrected chi connectivity index (χ0v) is 26.1. The second-order valence-corrected chi connectivity index (χ2v) is 13.6. The number of sulfonamides is 1. The van der Waals surface area contributed by atoms with Crippen molar-refractivity contribution in [2.45, 2.75) is 49.4 Å². The maximum Gasteiger partial charge on any atom is 0.243 e. The zero-order valence-electron chi connectivity index (χ0n) is 25.3. The monoisotopic (exact) mass is 617 g/mol. The Bertz CT molecular complexity index is 1640. The predicted octanol–water partition coefficient (Wildman–Crippen LogP) is 4.55. The van der Waals surface area contributed by atoms with Crippen molar-refractivity contribution in [2.75, 3.05) is 58.0 Å². The molecule has 0 amide bonds. The lowest BCUT2D eigenvalue weighted by atomic mass is 9.77. The number of benzene rings is 3. The molecular formula is C34H39N3O6S. The van der Waals surface area contributed by atoms with Crippen LogP contribution in [-0.2, 0) is 42.9 Å². The number of nitrogens with zero attached hydrogens (tertiary/aromatic N) is 3. The van der Waals surface area contributed by atoms with E-state index in [-0.39, 0.29) is 18.0 Å². The molecule has 3 aliphatic rings. The van der Waals surface area contributed by atoms with Gasteiger partial charge in [0.25, 0.3) is 0 Å². The lowest BCUT2D eigenvalue weighted by molar-refractivity contribution is -0.185. The summed E-state index contributed by atoms with van der Waals surface area (Å²) in [6, 6.07) is 21.0. The SMILES string of the molecule is COCCCN1CCOc2ccc(CO[C@H]3CN(S(=O)(=O)c4ccc(C)cc4)CC[C@@]34OCCc3cc(C#N)ccc34)cc21. The molecule has 1 fully saturated rings. The summed E-state index contributed by atoms with van der Waals surface area (Å²) in [5.41, 5.74) is 4.79. The molecule has 6 rings (SSSR count). The first-order valence-electron chi connectivity index (χ1n) is 15.2. The summed E-state index contributed by atoms with van der Waals surface area (Å²) in [6.07, 6.45) is 1.46. The van der Waals surface area contributed by atoms with Crippen LogP contribution in [0.4, 0.5) is 5.69 Å². The number of methoxy groups -OCH3 is 1. The lowest BCUT2D eigenvalue weighted by Gasteiger charge is -2.49. The molecule has 0 aromatic heterocycles. The van der Waals surface area contributed by atoms with E-state index < -0.39 is 21.7 Å². The number of nitriles is 1. The van der Waals surface area contributed by atoms with Crippen LogP contribution in [0, 0.1) is 18.3 Å². The van der Waals surface area contributed by atoms with Gasteiger partial charge in [0.05, 0.1) is 42.0 Å². The fraction of sp³-hybridized carbons (Fsp3) is 0.441. The maximum atomic E-state index is 13.8. The Morgan fingerprint density at radius 2 is 1.91 bits per heavy atom. The molecule has 0 N–H and O–H groups in total. The molecule has 9 nitrogen and oxygen atoms in total. The fourth-order valence-electron chi connectivity index (χ4n) is 6.55. The van der Waals surface area contributed by atoms with Gasteiger partial charge in [0.15, 0.2) is 0 Å². The standard InChI is InChI=1S/C34H39N3O6S/c1-25-4-8-29(9-5-25)44(38,39)37-15-13-34(30-10-6-26(22-35)20-28(30)12-18-43-34)33(23-37)42-24-27-7-11-32-31(21-27)36(16-19-41-32)14-3-17-40-2/h4-11,20-21,33H,3,12-19,23-24H2,1-2H3/t33-,34-/m0/s1. The van der Waals surface area contributed by atoms with Gasteiger partial charge in [0.2, 0.25) is 10.0 Å².